The number of thiazole rings is 1. The summed E-state index contributed by atoms with van der Waals surface area (Å²) in [6.45, 7) is 1.98. The van der Waals surface area contributed by atoms with Crippen molar-refractivity contribution in [1.82, 2.24) is 25.2 Å². The summed E-state index contributed by atoms with van der Waals surface area (Å²) in [4.78, 5) is 23.7. The lowest BCUT2D eigenvalue weighted by atomic mass is 10.1. The lowest BCUT2D eigenvalue weighted by molar-refractivity contribution is -0.145. The molecule has 152 valence electrons. The monoisotopic (exact) mass is 425 g/mol. The van der Waals surface area contributed by atoms with Crippen LogP contribution in [0.15, 0.2) is 12.4 Å². The molecule has 0 atom stereocenters. The molecule has 1 amide bonds. The summed E-state index contributed by atoms with van der Waals surface area (Å²) in [5, 5.41) is 1.86. The summed E-state index contributed by atoms with van der Waals surface area (Å²) >= 11 is 0.286. The Morgan fingerprint density at radius 2 is 1.68 bits per heavy atom. The first-order chi connectivity index (χ1) is 13.1. The van der Waals surface area contributed by atoms with Crippen molar-refractivity contribution in [2.45, 2.75) is 18.8 Å². The molecule has 0 saturated carbocycles. The van der Waals surface area contributed by atoms with E-state index in [9.17, 15) is 31.1 Å². The molecule has 0 radical (unpaired) electrons. The molecule has 0 aliphatic carbocycles. The summed E-state index contributed by atoms with van der Waals surface area (Å²) in [7, 11) is 0. The molecule has 3 heterocycles. The van der Waals surface area contributed by atoms with Crippen LogP contribution in [0.3, 0.4) is 0 Å². The first kappa shape index (κ1) is 20.5. The standard InChI is InChI=1S/C15H13F6N5OS/c16-14(17,18)12-23-6-8(7-24-12)11-9(28-13(25-11)15(19,20)21)5-10(27)26-3-1-22-2-4-26/h6-7,22H,1-5H2. The molecule has 1 aliphatic rings. The molecule has 3 rings (SSSR count). The van der Waals surface area contributed by atoms with Crippen molar-refractivity contribution in [3.8, 4) is 11.3 Å². The van der Waals surface area contributed by atoms with E-state index in [0.717, 1.165) is 12.4 Å². The molecule has 1 aliphatic heterocycles. The molecule has 13 heteroatoms. The topological polar surface area (TPSA) is 71.0 Å². The number of piperazine rings is 1. The molecule has 0 bridgehead atoms. The third-order valence-corrected chi connectivity index (χ3v) is 5.00. The van der Waals surface area contributed by atoms with E-state index in [1.54, 1.807) is 0 Å². The van der Waals surface area contributed by atoms with E-state index >= 15 is 0 Å². The predicted molar refractivity (Wildman–Crippen MR) is 86.3 cm³/mol. The molecular formula is C15H13F6N5OS. The van der Waals surface area contributed by atoms with Crippen molar-refractivity contribution in [3.63, 3.8) is 0 Å². The van der Waals surface area contributed by atoms with Gasteiger partial charge in [0.05, 0.1) is 12.1 Å². The van der Waals surface area contributed by atoms with E-state index in [1.165, 1.54) is 4.90 Å². The summed E-state index contributed by atoms with van der Waals surface area (Å²) in [5.74, 6) is -1.80. The van der Waals surface area contributed by atoms with Crippen LogP contribution in [0.5, 0.6) is 0 Å². The van der Waals surface area contributed by atoms with Gasteiger partial charge in [-0.2, -0.15) is 26.3 Å². The number of nitrogens with zero attached hydrogens (tertiary/aromatic N) is 4. The van der Waals surface area contributed by atoms with Crippen molar-refractivity contribution in [2.75, 3.05) is 26.2 Å². The van der Waals surface area contributed by atoms with Crippen LogP contribution in [0.25, 0.3) is 11.3 Å². The van der Waals surface area contributed by atoms with Crippen molar-refractivity contribution in [3.05, 3.63) is 28.1 Å². The van der Waals surface area contributed by atoms with Gasteiger partial charge in [0.15, 0.2) is 5.01 Å². The Morgan fingerprint density at radius 3 is 2.21 bits per heavy atom. The minimum absolute atomic E-state index is 0.000726. The third kappa shape index (κ3) is 4.58. The van der Waals surface area contributed by atoms with Gasteiger partial charge < -0.3 is 10.2 Å². The molecule has 0 spiro atoms. The minimum Gasteiger partial charge on any atom is -0.340 e. The Morgan fingerprint density at radius 1 is 1.07 bits per heavy atom. The second-order valence-electron chi connectivity index (χ2n) is 5.89. The van der Waals surface area contributed by atoms with Gasteiger partial charge in [-0.05, 0) is 0 Å². The van der Waals surface area contributed by atoms with Crippen LogP contribution in [0.1, 0.15) is 15.7 Å². The Labute approximate surface area is 158 Å². The number of amides is 1. The van der Waals surface area contributed by atoms with E-state index in [2.05, 4.69) is 20.3 Å². The van der Waals surface area contributed by atoms with Crippen molar-refractivity contribution < 1.29 is 31.1 Å². The van der Waals surface area contributed by atoms with Gasteiger partial charge in [-0.25, -0.2) is 15.0 Å². The number of hydrogen-bond donors (Lipinski definition) is 1. The average Bonchev–Trinajstić information content (AvgIpc) is 3.06. The molecule has 2 aromatic heterocycles. The highest BCUT2D eigenvalue weighted by atomic mass is 32.1. The Hall–Kier alpha value is -2.28. The number of hydrogen-bond acceptors (Lipinski definition) is 6. The number of rotatable bonds is 3. The molecule has 0 unspecified atom stereocenters. The number of aromatic nitrogens is 3. The fraction of sp³-hybridized carbons (Fsp3) is 0.467. The number of carbonyl (C=O) groups excluding carboxylic acids is 1. The Kier molecular flexibility index (Phi) is 5.57. The number of halogens is 6. The molecule has 1 N–H and O–H groups in total. The van der Waals surface area contributed by atoms with Gasteiger partial charge in [0.25, 0.3) is 0 Å². The highest BCUT2D eigenvalue weighted by Gasteiger charge is 2.37. The van der Waals surface area contributed by atoms with Crippen LogP contribution in [0, 0.1) is 0 Å². The van der Waals surface area contributed by atoms with Gasteiger partial charge in [-0.3, -0.25) is 4.79 Å². The Balaban J connectivity index is 1.93. The van der Waals surface area contributed by atoms with Crippen LogP contribution in [-0.2, 0) is 23.6 Å². The summed E-state index contributed by atoms with van der Waals surface area (Å²) in [6.07, 6.45) is -8.36. The van der Waals surface area contributed by atoms with E-state index in [0.29, 0.717) is 26.2 Å². The van der Waals surface area contributed by atoms with Crippen LogP contribution < -0.4 is 5.32 Å². The summed E-state index contributed by atoms with van der Waals surface area (Å²) in [6, 6.07) is 0. The average molecular weight is 425 g/mol. The van der Waals surface area contributed by atoms with Gasteiger partial charge in [-0.15, -0.1) is 11.3 Å². The van der Waals surface area contributed by atoms with Crippen LogP contribution >= 0.6 is 11.3 Å². The number of carbonyl (C=O) groups is 1. The van der Waals surface area contributed by atoms with Gasteiger partial charge >= 0.3 is 12.4 Å². The molecule has 28 heavy (non-hydrogen) atoms. The van der Waals surface area contributed by atoms with E-state index in [-0.39, 0.29) is 39.8 Å². The summed E-state index contributed by atoms with van der Waals surface area (Å²) in [5.41, 5.74) is -0.364. The van der Waals surface area contributed by atoms with E-state index < -0.39 is 23.2 Å². The lowest BCUT2D eigenvalue weighted by Gasteiger charge is -2.27. The molecule has 1 fully saturated rings. The maximum atomic E-state index is 13.1. The van der Waals surface area contributed by atoms with Crippen LogP contribution in [-0.4, -0.2) is 51.9 Å². The largest absolute Gasteiger partial charge is 0.451 e. The third-order valence-electron chi connectivity index (χ3n) is 3.90. The quantitative estimate of drug-likeness (QED) is 0.766. The van der Waals surface area contributed by atoms with E-state index in [4.69, 9.17) is 0 Å². The zero-order valence-corrected chi connectivity index (χ0v) is 14.9. The number of alkyl halides is 6. The fourth-order valence-corrected chi connectivity index (χ4v) is 3.52. The number of nitrogens with one attached hydrogen (secondary N) is 1. The molecule has 0 aromatic carbocycles. The van der Waals surface area contributed by atoms with E-state index in [1.807, 2.05) is 0 Å². The molecule has 6 nitrogen and oxygen atoms in total. The highest BCUT2D eigenvalue weighted by Crippen LogP contribution is 2.38. The van der Waals surface area contributed by atoms with Gasteiger partial charge in [0.1, 0.15) is 0 Å². The zero-order chi connectivity index (χ0) is 20.5. The van der Waals surface area contributed by atoms with Crippen LogP contribution in [0.4, 0.5) is 26.3 Å². The smallest absolute Gasteiger partial charge is 0.340 e. The SMILES string of the molecule is O=C(Cc1sc(C(F)(F)F)nc1-c1cnc(C(F)(F)F)nc1)N1CCNCC1. The minimum atomic E-state index is -4.78. The first-order valence-corrected chi connectivity index (χ1v) is 8.82. The summed E-state index contributed by atoms with van der Waals surface area (Å²) < 4.78 is 77.0. The van der Waals surface area contributed by atoms with Crippen LogP contribution in [0.2, 0.25) is 0 Å². The second kappa shape index (κ2) is 7.62. The van der Waals surface area contributed by atoms with Gasteiger partial charge in [0.2, 0.25) is 11.7 Å². The second-order valence-corrected chi connectivity index (χ2v) is 6.97. The fourth-order valence-electron chi connectivity index (χ4n) is 2.58. The van der Waals surface area contributed by atoms with Gasteiger partial charge in [-0.1, -0.05) is 0 Å². The highest BCUT2D eigenvalue weighted by molar-refractivity contribution is 7.12. The maximum Gasteiger partial charge on any atom is 0.451 e. The predicted octanol–water partition coefficient (Wildman–Crippen LogP) is 2.61. The molecule has 2 aromatic rings. The van der Waals surface area contributed by atoms with Crippen molar-refractivity contribution in [1.29, 1.82) is 0 Å². The molecule has 1 saturated heterocycles. The maximum absolute atomic E-state index is 13.1. The lowest BCUT2D eigenvalue weighted by Crippen LogP contribution is -2.46. The van der Waals surface area contributed by atoms with Crippen molar-refractivity contribution >= 4 is 17.2 Å². The Bertz CT molecular complexity index is 842. The van der Waals surface area contributed by atoms with Gasteiger partial charge in [0, 0.05) is 49.0 Å². The normalized spacial score (nSPS) is 15.7. The zero-order valence-electron chi connectivity index (χ0n) is 14.1. The van der Waals surface area contributed by atoms with Crippen molar-refractivity contribution in [2.24, 2.45) is 0 Å². The molecular weight excluding hydrogens is 412 g/mol. The first-order valence-electron chi connectivity index (χ1n) is 8.00.